The molecule has 1 fully saturated rings. The lowest BCUT2D eigenvalue weighted by Crippen LogP contribution is -2.43. The predicted molar refractivity (Wildman–Crippen MR) is 87.2 cm³/mol. The second kappa shape index (κ2) is 6.20. The number of fused-ring (bicyclic) bond motifs is 1. The maximum Gasteiger partial charge on any atom is 0.134 e. The normalized spacial score (nSPS) is 24.6. The zero-order chi connectivity index (χ0) is 14.8. The van der Waals surface area contributed by atoms with Crippen molar-refractivity contribution < 1.29 is 4.42 Å². The van der Waals surface area contributed by atoms with E-state index in [0.717, 1.165) is 11.5 Å². The average molecular weight is 286 g/mol. The van der Waals surface area contributed by atoms with Crippen LogP contribution < -0.4 is 5.73 Å². The van der Waals surface area contributed by atoms with E-state index in [9.17, 15) is 0 Å². The highest BCUT2D eigenvalue weighted by Crippen LogP contribution is 2.35. The maximum absolute atomic E-state index is 6.12. The zero-order valence-electron chi connectivity index (χ0n) is 13.1. The third-order valence-electron chi connectivity index (χ3n) is 5.17. The Hall–Kier alpha value is -1.32. The molecule has 0 radical (unpaired) electrons. The zero-order valence-corrected chi connectivity index (χ0v) is 13.1. The van der Waals surface area contributed by atoms with Crippen molar-refractivity contribution in [2.24, 2.45) is 11.7 Å². The molecule has 1 aromatic heterocycles. The Kier molecular flexibility index (Phi) is 4.32. The number of likely N-dealkylation sites (N-methyl/N-ethyl adjacent to an activating group) is 1. The van der Waals surface area contributed by atoms with E-state index in [1.165, 1.54) is 36.6 Å². The van der Waals surface area contributed by atoms with Gasteiger partial charge in [0.2, 0.25) is 0 Å². The Morgan fingerprint density at radius 2 is 2.05 bits per heavy atom. The van der Waals surface area contributed by atoms with Gasteiger partial charge in [0.15, 0.2) is 0 Å². The first-order chi connectivity index (χ1) is 10.2. The lowest BCUT2D eigenvalue weighted by molar-refractivity contribution is 0.0994. The minimum atomic E-state index is 0.235. The number of hydrogen-bond donors (Lipinski definition) is 1. The van der Waals surface area contributed by atoms with Crippen LogP contribution in [0.15, 0.2) is 34.9 Å². The molecule has 2 aromatic rings. The molecule has 1 heterocycles. The topological polar surface area (TPSA) is 42.4 Å². The summed E-state index contributed by atoms with van der Waals surface area (Å²) in [5, 5.41) is 1.20. The van der Waals surface area contributed by atoms with Crippen LogP contribution in [0.2, 0.25) is 0 Å². The summed E-state index contributed by atoms with van der Waals surface area (Å²) in [6.45, 7) is 3.00. The fraction of sp³-hybridized carbons (Fsp3) is 0.556. The highest BCUT2D eigenvalue weighted by Gasteiger charge is 2.30. The van der Waals surface area contributed by atoms with Gasteiger partial charge in [0.25, 0.3) is 0 Å². The molecule has 0 amide bonds. The number of nitrogens with zero attached hydrogens (tertiary/aromatic N) is 1. The first kappa shape index (κ1) is 14.6. The smallest absolute Gasteiger partial charge is 0.134 e. The lowest BCUT2D eigenvalue weighted by atomic mass is 9.84. The van der Waals surface area contributed by atoms with Crippen LogP contribution in [0.25, 0.3) is 11.0 Å². The molecule has 0 aliphatic heterocycles. The van der Waals surface area contributed by atoms with E-state index in [2.05, 4.69) is 31.0 Å². The summed E-state index contributed by atoms with van der Waals surface area (Å²) in [4.78, 5) is 2.49. The van der Waals surface area contributed by atoms with Crippen LogP contribution in [0.5, 0.6) is 0 Å². The molecule has 1 saturated carbocycles. The molecule has 2 N–H and O–H groups in total. The standard InChI is InChI=1S/C18H26N2O/c1-13-7-3-5-9-16(13)20(2)17(11-19)15-12-21-18-10-6-4-8-14(15)18/h4,6,8,10,12-13,16-17H,3,5,7,9,11,19H2,1-2H3. The third-order valence-corrected chi connectivity index (χ3v) is 5.17. The van der Waals surface area contributed by atoms with Crippen molar-refractivity contribution >= 4 is 11.0 Å². The van der Waals surface area contributed by atoms with Gasteiger partial charge in [0.1, 0.15) is 5.58 Å². The Labute approximate surface area is 127 Å². The van der Waals surface area contributed by atoms with E-state index >= 15 is 0 Å². The minimum absolute atomic E-state index is 0.235. The molecule has 1 aromatic carbocycles. The number of nitrogens with two attached hydrogens (primary N) is 1. The van der Waals surface area contributed by atoms with Gasteiger partial charge in [0.05, 0.1) is 12.3 Å². The van der Waals surface area contributed by atoms with Gasteiger partial charge < -0.3 is 10.2 Å². The minimum Gasteiger partial charge on any atom is -0.464 e. The predicted octanol–water partition coefficient (Wildman–Crippen LogP) is 3.94. The van der Waals surface area contributed by atoms with E-state index in [1.54, 1.807) is 0 Å². The van der Waals surface area contributed by atoms with Crippen molar-refractivity contribution in [2.45, 2.75) is 44.7 Å². The summed E-state index contributed by atoms with van der Waals surface area (Å²) in [5.41, 5.74) is 8.31. The van der Waals surface area contributed by atoms with Crippen molar-refractivity contribution in [3.63, 3.8) is 0 Å². The van der Waals surface area contributed by atoms with Gasteiger partial charge in [-0.1, -0.05) is 38.0 Å². The maximum atomic E-state index is 6.12. The van der Waals surface area contributed by atoms with E-state index in [1.807, 2.05) is 18.4 Å². The van der Waals surface area contributed by atoms with Gasteiger partial charge in [0, 0.05) is 23.5 Å². The third kappa shape index (κ3) is 2.72. The van der Waals surface area contributed by atoms with E-state index in [4.69, 9.17) is 10.2 Å². The molecule has 1 aliphatic carbocycles. The summed E-state index contributed by atoms with van der Waals surface area (Å²) in [6.07, 6.45) is 7.21. The van der Waals surface area contributed by atoms with E-state index in [0.29, 0.717) is 12.6 Å². The molecule has 0 spiro atoms. The Bertz CT molecular complexity index is 592. The van der Waals surface area contributed by atoms with Crippen LogP contribution >= 0.6 is 0 Å². The van der Waals surface area contributed by atoms with Crippen molar-refractivity contribution in [3.05, 3.63) is 36.1 Å². The quantitative estimate of drug-likeness (QED) is 0.925. The number of benzene rings is 1. The molecule has 21 heavy (non-hydrogen) atoms. The van der Waals surface area contributed by atoms with E-state index < -0.39 is 0 Å². The monoisotopic (exact) mass is 286 g/mol. The lowest BCUT2D eigenvalue weighted by Gasteiger charge is -2.40. The first-order valence-corrected chi connectivity index (χ1v) is 8.10. The van der Waals surface area contributed by atoms with Crippen LogP contribution in [-0.2, 0) is 0 Å². The fourth-order valence-corrected chi connectivity index (χ4v) is 3.90. The SMILES string of the molecule is CC1CCCCC1N(C)C(CN)c1coc2ccccc12. The molecule has 3 rings (SSSR count). The Balaban J connectivity index is 1.90. The van der Waals surface area contributed by atoms with E-state index in [-0.39, 0.29) is 6.04 Å². The Morgan fingerprint density at radius 3 is 2.81 bits per heavy atom. The van der Waals surface area contributed by atoms with Gasteiger partial charge in [-0.3, -0.25) is 4.90 Å². The van der Waals surface area contributed by atoms with Crippen LogP contribution in [-0.4, -0.2) is 24.5 Å². The molecule has 114 valence electrons. The summed E-state index contributed by atoms with van der Waals surface area (Å²) in [7, 11) is 2.23. The number of para-hydroxylation sites is 1. The molecular formula is C18H26N2O. The van der Waals surface area contributed by atoms with Gasteiger partial charge >= 0.3 is 0 Å². The summed E-state index contributed by atoms with van der Waals surface area (Å²) < 4.78 is 5.71. The van der Waals surface area contributed by atoms with Gasteiger partial charge in [-0.2, -0.15) is 0 Å². The highest BCUT2D eigenvalue weighted by atomic mass is 16.3. The van der Waals surface area contributed by atoms with Crippen LogP contribution in [0.1, 0.15) is 44.2 Å². The van der Waals surface area contributed by atoms with Gasteiger partial charge in [-0.05, 0) is 31.9 Å². The van der Waals surface area contributed by atoms with Crippen LogP contribution in [0, 0.1) is 5.92 Å². The number of rotatable bonds is 4. The van der Waals surface area contributed by atoms with Crippen molar-refractivity contribution in [3.8, 4) is 0 Å². The summed E-state index contributed by atoms with van der Waals surface area (Å²) >= 11 is 0. The average Bonchev–Trinajstić information content (AvgIpc) is 2.93. The van der Waals surface area contributed by atoms with Gasteiger partial charge in [-0.15, -0.1) is 0 Å². The fourth-order valence-electron chi connectivity index (χ4n) is 3.90. The highest BCUT2D eigenvalue weighted by molar-refractivity contribution is 5.81. The van der Waals surface area contributed by atoms with Crippen molar-refractivity contribution in [1.29, 1.82) is 0 Å². The summed E-state index contributed by atoms with van der Waals surface area (Å²) in [5.74, 6) is 0.746. The Morgan fingerprint density at radius 1 is 1.29 bits per heavy atom. The molecule has 3 heteroatoms. The molecule has 3 atom stereocenters. The molecule has 0 saturated heterocycles. The first-order valence-electron chi connectivity index (χ1n) is 8.10. The van der Waals surface area contributed by atoms with Crippen molar-refractivity contribution in [1.82, 2.24) is 4.90 Å². The number of furan rings is 1. The molecule has 3 unspecified atom stereocenters. The van der Waals surface area contributed by atoms with Crippen LogP contribution in [0.3, 0.4) is 0 Å². The molecule has 3 nitrogen and oxygen atoms in total. The number of hydrogen-bond acceptors (Lipinski definition) is 3. The largest absolute Gasteiger partial charge is 0.464 e. The molecular weight excluding hydrogens is 260 g/mol. The van der Waals surface area contributed by atoms with Crippen molar-refractivity contribution in [2.75, 3.05) is 13.6 Å². The van der Waals surface area contributed by atoms with Gasteiger partial charge in [-0.25, -0.2) is 0 Å². The van der Waals surface area contributed by atoms with Crippen LogP contribution in [0.4, 0.5) is 0 Å². The summed E-state index contributed by atoms with van der Waals surface area (Å²) in [6, 6.07) is 9.10. The molecule has 0 bridgehead atoms. The second-order valence-electron chi connectivity index (χ2n) is 6.43. The second-order valence-corrected chi connectivity index (χ2v) is 6.43. The molecule has 1 aliphatic rings.